The molecule has 1 atom stereocenters. The lowest BCUT2D eigenvalue weighted by Gasteiger charge is -2.34. The molecule has 10 heteroatoms. The third-order valence-corrected chi connectivity index (χ3v) is 10.3. The van der Waals surface area contributed by atoms with E-state index in [1.54, 1.807) is 48.5 Å². The molecule has 7 nitrogen and oxygen atoms in total. The van der Waals surface area contributed by atoms with Crippen molar-refractivity contribution in [1.29, 1.82) is 0 Å². The number of hydrogen-bond acceptors (Lipinski definition) is 4. The SMILES string of the molecule is Cc1ccc(N(CC(=O)N(Cc2ccc(Cl)cc2)[C@H](Cc2ccccc2)C(=O)NC2CCCC2)S(=O)(=O)c2ccc(F)cc2)cc1. The van der Waals surface area contributed by atoms with Crippen LogP contribution in [0.15, 0.2) is 108 Å². The molecule has 4 aromatic rings. The van der Waals surface area contributed by atoms with Gasteiger partial charge in [-0.1, -0.05) is 84.6 Å². The molecule has 0 aromatic heterocycles. The monoisotopic (exact) mass is 661 g/mol. The van der Waals surface area contributed by atoms with Crippen molar-refractivity contribution in [2.45, 2.75) is 62.6 Å². The zero-order chi connectivity index (χ0) is 32.7. The topological polar surface area (TPSA) is 86.8 Å². The number of sulfonamides is 1. The van der Waals surface area contributed by atoms with Gasteiger partial charge in [0.25, 0.3) is 10.0 Å². The molecule has 0 bridgehead atoms. The summed E-state index contributed by atoms with van der Waals surface area (Å²) in [5.74, 6) is -1.44. The predicted octanol–water partition coefficient (Wildman–Crippen LogP) is 6.68. The fourth-order valence-electron chi connectivity index (χ4n) is 5.68. The van der Waals surface area contributed by atoms with E-state index in [0.29, 0.717) is 5.02 Å². The molecule has 0 unspecified atom stereocenters. The van der Waals surface area contributed by atoms with Gasteiger partial charge < -0.3 is 10.2 Å². The smallest absolute Gasteiger partial charge is 0.264 e. The fraction of sp³-hybridized carbons (Fsp3) is 0.278. The van der Waals surface area contributed by atoms with E-state index in [-0.39, 0.29) is 35.5 Å². The Balaban J connectivity index is 1.55. The van der Waals surface area contributed by atoms with E-state index in [2.05, 4.69) is 5.32 Å². The maximum atomic E-state index is 14.5. The van der Waals surface area contributed by atoms with Gasteiger partial charge in [-0.15, -0.1) is 0 Å². The number of hydrogen-bond donors (Lipinski definition) is 1. The molecule has 1 aliphatic rings. The number of rotatable bonds is 12. The zero-order valence-electron chi connectivity index (χ0n) is 25.6. The summed E-state index contributed by atoms with van der Waals surface area (Å²) in [7, 11) is -4.31. The lowest BCUT2D eigenvalue weighted by atomic mass is 10.0. The van der Waals surface area contributed by atoms with Gasteiger partial charge in [-0.25, -0.2) is 12.8 Å². The Labute approximate surface area is 275 Å². The molecule has 0 saturated heterocycles. The number of benzene rings is 4. The lowest BCUT2D eigenvalue weighted by molar-refractivity contribution is -0.140. The van der Waals surface area contributed by atoms with Gasteiger partial charge in [0.15, 0.2) is 0 Å². The van der Waals surface area contributed by atoms with Gasteiger partial charge in [0.05, 0.1) is 10.6 Å². The summed E-state index contributed by atoms with van der Waals surface area (Å²) in [6.45, 7) is 1.33. The van der Waals surface area contributed by atoms with Crippen molar-refractivity contribution in [2.24, 2.45) is 0 Å². The van der Waals surface area contributed by atoms with E-state index >= 15 is 0 Å². The third kappa shape index (κ3) is 8.33. The molecule has 0 radical (unpaired) electrons. The first kappa shape index (κ1) is 33.2. The number of nitrogens with one attached hydrogen (secondary N) is 1. The summed E-state index contributed by atoms with van der Waals surface area (Å²) in [4.78, 5) is 29.9. The molecular formula is C36H37ClFN3O4S. The van der Waals surface area contributed by atoms with Gasteiger partial charge in [0, 0.05) is 24.0 Å². The van der Waals surface area contributed by atoms with Crippen LogP contribution < -0.4 is 9.62 Å². The van der Waals surface area contributed by atoms with Crippen molar-refractivity contribution in [2.75, 3.05) is 10.8 Å². The molecule has 46 heavy (non-hydrogen) atoms. The van der Waals surface area contributed by atoms with Crippen molar-refractivity contribution in [3.05, 3.63) is 131 Å². The molecule has 0 aliphatic heterocycles. The highest BCUT2D eigenvalue weighted by Gasteiger charge is 2.35. The minimum Gasteiger partial charge on any atom is -0.352 e. The molecule has 2 amide bonds. The lowest BCUT2D eigenvalue weighted by Crippen LogP contribution is -2.54. The highest BCUT2D eigenvalue weighted by Crippen LogP contribution is 2.26. The molecule has 1 fully saturated rings. The minimum atomic E-state index is -4.31. The maximum Gasteiger partial charge on any atom is 0.264 e. The third-order valence-electron chi connectivity index (χ3n) is 8.24. The van der Waals surface area contributed by atoms with Gasteiger partial charge in [0.2, 0.25) is 11.8 Å². The quantitative estimate of drug-likeness (QED) is 0.184. The predicted molar refractivity (Wildman–Crippen MR) is 178 cm³/mol. The normalized spacial score (nSPS) is 14.1. The summed E-state index contributed by atoms with van der Waals surface area (Å²) in [5, 5.41) is 3.69. The zero-order valence-corrected chi connectivity index (χ0v) is 27.2. The first-order valence-electron chi connectivity index (χ1n) is 15.3. The standard InChI is InChI=1S/C36H37ClFN3O4S/c1-26-11-19-32(20-12-26)41(46(44,45)33-21-17-30(38)18-22-33)25-35(42)40(24-28-13-15-29(37)16-14-28)34(23-27-7-3-2-4-8-27)36(43)39-31-9-5-6-10-31/h2-4,7-8,11-22,31,34H,5-6,9-10,23-25H2,1H3,(H,39,43)/t34-/m1/s1. The van der Waals surface area contributed by atoms with Crippen molar-refractivity contribution < 1.29 is 22.4 Å². The van der Waals surface area contributed by atoms with Crippen LogP contribution in [0.1, 0.15) is 42.4 Å². The minimum absolute atomic E-state index is 0.0150. The molecular weight excluding hydrogens is 625 g/mol. The summed E-state index contributed by atoms with van der Waals surface area (Å²) in [6.07, 6.45) is 4.01. The highest BCUT2D eigenvalue weighted by molar-refractivity contribution is 7.92. The van der Waals surface area contributed by atoms with E-state index in [1.165, 1.54) is 17.0 Å². The number of nitrogens with zero attached hydrogens (tertiary/aromatic N) is 2. The average Bonchev–Trinajstić information content (AvgIpc) is 3.56. The first-order chi connectivity index (χ1) is 22.1. The van der Waals surface area contributed by atoms with Crippen LogP contribution in [0.5, 0.6) is 0 Å². The summed E-state index contributed by atoms with van der Waals surface area (Å²) in [6, 6.07) is 26.8. The number of amides is 2. The van der Waals surface area contributed by atoms with Crippen molar-refractivity contribution >= 4 is 39.1 Å². The summed E-state index contributed by atoms with van der Waals surface area (Å²) in [5.41, 5.74) is 2.76. The van der Waals surface area contributed by atoms with Crippen LogP contribution in [0.2, 0.25) is 5.02 Å². The highest BCUT2D eigenvalue weighted by atomic mass is 35.5. The Morgan fingerprint density at radius 1 is 0.870 bits per heavy atom. The molecule has 4 aromatic carbocycles. The van der Waals surface area contributed by atoms with E-state index in [1.807, 2.05) is 37.3 Å². The molecule has 1 N–H and O–H groups in total. The van der Waals surface area contributed by atoms with Crippen LogP contribution in [0.4, 0.5) is 10.1 Å². The van der Waals surface area contributed by atoms with Crippen LogP contribution in [-0.2, 0) is 32.6 Å². The van der Waals surface area contributed by atoms with Crippen molar-refractivity contribution in [1.82, 2.24) is 10.2 Å². The van der Waals surface area contributed by atoms with Gasteiger partial charge in [-0.3, -0.25) is 13.9 Å². The Bertz CT molecular complexity index is 1730. The molecule has 0 spiro atoms. The summed E-state index contributed by atoms with van der Waals surface area (Å²) < 4.78 is 42.9. The van der Waals surface area contributed by atoms with Gasteiger partial charge in [-0.05, 0) is 79.4 Å². The van der Waals surface area contributed by atoms with Crippen LogP contribution in [0.3, 0.4) is 0 Å². The van der Waals surface area contributed by atoms with E-state index < -0.39 is 34.3 Å². The molecule has 1 aliphatic carbocycles. The van der Waals surface area contributed by atoms with Crippen molar-refractivity contribution in [3.63, 3.8) is 0 Å². The Morgan fingerprint density at radius 2 is 1.50 bits per heavy atom. The number of aryl methyl sites for hydroxylation is 1. The second-order valence-corrected chi connectivity index (χ2v) is 13.9. The van der Waals surface area contributed by atoms with E-state index in [0.717, 1.165) is 58.8 Å². The van der Waals surface area contributed by atoms with Crippen LogP contribution >= 0.6 is 11.6 Å². The molecule has 0 heterocycles. The Hall–Kier alpha value is -4.21. The second-order valence-electron chi connectivity index (χ2n) is 11.6. The first-order valence-corrected chi connectivity index (χ1v) is 17.1. The molecule has 1 saturated carbocycles. The van der Waals surface area contributed by atoms with Crippen LogP contribution in [-0.4, -0.2) is 43.8 Å². The summed E-state index contributed by atoms with van der Waals surface area (Å²) >= 11 is 6.15. The van der Waals surface area contributed by atoms with Crippen LogP contribution in [0, 0.1) is 12.7 Å². The largest absolute Gasteiger partial charge is 0.352 e. The molecule has 240 valence electrons. The number of carbonyl (C=O) groups is 2. The van der Waals surface area contributed by atoms with Gasteiger partial charge >= 0.3 is 0 Å². The fourth-order valence-corrected chi connectivity index (χ4v) is 7.22. The Morgan fingerprint density at radius 3 is 2.13 bits per heavy atom. The molecule has 5 rings (SSSR count). The number of carbonyl (C=O) groups excluding carboxylic acids is 2. The van der Waals surface area contributed by atoms with Gasteiger partial charge in [-0.2, -0.15) is 0 Å². The second kappa shape index (κ2) is 14.9. The number of anilines is 1. The average molecular weight is 662 g/mol. The van der Waals surface area contributed by atoms with Gasteiger partial charge in [0.1, 0.15) is 18.4 Å². The number of halogens is 2. The van der Waals surface area contributed by atoms with Crippen molar-refractivity contribution in [3.8, 4) is 0 Å². The van der Waals surface area contributed by atoms with Crippen LogP contribution in [0.25, 0.3) is 0 Å². The Kier molecular flexibility index (Phi) is 10.8. The van der Waals surface area contributed by atoms with E-state index in [4.69, 9.17) is 11.6 Å². The van der Waals surface area contributed by atoms with E-state index in [9.17, 15) is 22.4 Å². The maximum absolute atomic E-state index is 14.5.